The Balaban J connectivity index is 0.965. The van der Waals surface area contributed by atoms with Crippen molar-refractivity contribution in [2.45, 2.75) is 101 Å². The number of nitrogen functional groups attached to an aromatic ring is 1. The number of imidazole rings is 1. The van der Waals surface area contributed by atoms with E-state index in [2.05, 4.69) is 115 Å². The van der Waals surface area contributed by atoms with E-state index in [4.69, 9.17) is 44.9 Å². The molecule has 410 valence electrons. The second kappa shape index (κ2) is 23.0. The first-order valence-electron chi connectivity index (χ1n) is 26.3. The molecule has 2 fully saturated rings. The molecule has 0 aliphatic carbocycles. The van der Waals surface area contributed by atoms with Gasteiger partial charge in [0.1, 0.15) is 42.3 Å². The molecule has 5 aromatic carbocycles. The first-order valence-corrected chi connectivity index (χ1v) is 32.7. The number of hydrogen-bond acceptors (Lipinski definition) is 14. The maximum atomic E-state index is 14.0. The number of hydrogen-bond donors (Lipinski definition) is 3. The Morgan fingerprint density at radius 2 is 1.19 bits per heavy atom. The van der Waals surface area contributed by atoms with Crippen LogP contribution in [0.15, 0.2) is 181 Å². The van der Waals surface area contributed by atoms with Gasteiger partial charge in [-0.1, -0.05) is 181 Å². The van der Waals surface area contributed by atoms with Crippen LogP contribution in [0, 0.1) is 0 Å². The van der Waals surface area contributed by atoms with Crippen LogP contribution in [-0.4, -0.2) is 94.1 Å². The van der Waals surface area contributed by atoms with Crippen LogP contribution >= 0.6 is 6.72 Å². The minimum Gasteiger partial charge on any atom is -0.405 e. The molecule has 2 aliphatic rings. The molecular formula is C58H65N8O9PSSi2. The zero-order valence-corrected chi connectivity index (χ0v) is 48.6. The zero-order valence-electron chi connectivity index (χ0n) is 44.9. The third kappa shape index (κ3) is 11.5. The van der Waals surface area contributed by atoms with Crippen LogP contribution in [0.25, 0.3) is 11.2 Å². The molecule has 0 saturated carbocycles. The van der Waals surface area contributed by atoms with Crippen molar-refractivity contribution in [1.29, 1.82) is 0 Å². The Morgan fingerprint density at radius 3 is 1.72 bits per heavy atom. The van der Waals surface area contributed by atoms with E-state index >= 15 is 0 Å². The molecule has 17 nitrogen and oxygen atoms in total. The standard InChI is InChI=1S/C58H65N8O9PSSi2/c1-57(2,3)78(41-24-14-8-15-25-41,42-26-16-9-17-27-42)71-37-48-45(34-51(73-48)66-39-62-52-53(59)60-38-61-54(52)66)74-76(69,77)70-36-47-46(75-79(58(4,5)6,43-28-18-10-19-29-43)44-30-20-11-21-31-44)35-50(72-47)65-33-32-49(64-56(65)68)63-55(67)40-22-12-7-13-23-40/h7-33,38-39,45-48,50-51H,34-37H2,1-6H3,(H,69,77)(H2,59,60,61)(H,63,64,67,68)/t45-,46-,47+,48+,50+,51+,76-/m0/s1. The fourth-order valence-electron chi connectivity index (χ4n) is 11.1. The smallest absolute Gasteiger partial charge is 0.351 e. The summed E-state index contributed by atoms with van der Waals surface area (Å²) >= 11 is 5.95. The molecule has 0 radical (unpaired) electrons. The van der Waals surface area contributed by atoms with Crippen LogP contribution in [0.4, 0.5) is 11.6 Å². The van der Waals surface area contributed by atoms with Gasteiger partial charge in [-0.05, 0) is 60.8 Å². The van der Waals surface area contributed by atoms with Crippen molar-refractivity contribution in [3.63, 3.8) is 0 Å². The number of nitrogens with one attached hydrogen (secondary N) is 1. The first-order chi connectivity index (χ1) is 37.9. The molecule has 0 unspecified atom stereocenters. The second-order valence-electron chi connectivity index (χ2n) is 21.8. The number of carbonyl (C=O) groups is 1. The molecule has 1 amide bonds. The highest BCUT2D eigenvalue weighted by molar-refractivity contribution is 8.07. The van der Waals surface area contributed by atoms with Crippen LogP contribution in [0.2, 0.25) is 10.1 Å². The lowest BCUT2D eigenvalue weighted by molar-refractivity contribution is -0.0492. The number of anilines is 2. The van der Waals surface area contributed by atoms with Gasteiger partial charge in [0.25, 0.3) is 22.5 Å². The highest BCUT2D eigenvalue weighted by atomic mass is 32.5. The lowest BCUT2D eigenvalue weighted by atomic mass is 10.2. The third-order valence-corrected chi connectivity index (χ3v) is 26.4. The number of nitrogens with zero attached hydrogens (tertiary/aromatic N) is 6. The largest absolute Gasteiger partial charge is 0.405 e. The number of aromatic nitrogens is 6. The highest BCUT2D eigenvalue weighted by Crippen LogP contribution is 2.51. The van der Waals surface area contributed by atoms with E-state index in [1.807, 2.05) is 78.9 Å². The molecule has 8 aromatic rings. The van der Waals surface area contributed by atoms with Crippen LogP contribution in [0.1, 0.15) is 77.2 Å². The van der Waals surface area contributed by atoms with Crippen LogP contribution in [-0.2, 0) is 39.2 Å². The molecule has 0 bridgehead atoms. The highest BCUT2D eigenvalue weighted by Gasteiger charge is 2.55. The number of nitrogens with two attached hydrogens (primary N) is 1. The monoisotopic (exact) mass is 1140 g/mol. The quantitative estimate of drug-likeness (QED) is 0.0557. The summed E-state index contributed by atoms with van der Waals surface area (Å²) < 4.78 is 44.9. The molecule has 10 rings (SSSR count). The average molecular weight is 1140 g/mol. The molecule has 5 heterocycles. The topological polar surface area (TPSA) is 209 Å². The summed E-state index contributed by atoms with van der Waals surface area (Å²) in [6.07, 6.45) is 0.0689. The fourth-order valence-corrected chi connectivity index (χ4v) is 21.9. The Morgan fingerprint density at radius 1 is 0.696 bits per heavy atom. The van der Waals surface area contributed by atoms with Gasteiger partial charge >= 0.3 is 12.4 Å². The van der Waals surface area contributed by atoms with Gasteiger partial charge in [0.2, 0.25) is 0 Å². The number of fused-ring (bicyclic) bond motifs is 1. The van der Waals surface area contributed by atoms with E-state index in [0.717, 1.165) is 20.7 Å². The van der Waals surface area contributed by atoms with E-state index < -0.39 is 76.9 Å². The molecule has 3 aromatic heterocycles. The second-order valence-corrected chi connectivity index (χ2v) is 33.2. The Bertz CT molecular complexity index is 3410. The number of rotatable bonds is 18. The van der Waals surface area contributed by atoms with Gasteiger partial charge < -0.3 is 43.3 Å². The van der Waals surface area contributed by atoms with Gasteiger partial charge in [-0.2, -0.15) is 4.98 Å². The maximum absolute atomic E-state index is 14.0. The lowest BCUT2D eigenvalue weighted by Gasteiger charge is -2.45. The summed E-state index contributed by atoms with van der Waals surface area (Å²) in [6.45, 7) is 8.73. The van der Waals surface area contributed by atoms with Crippen molar-refractivity contribution in [2.24, 2.45) is 0 Å². The summed E-state index contributed by atoms with van der Waals surface area (Å²) in [5, 5.41) is 6.16. The zero-order chi connectivity index (χ0) is 55.6. The van der Waals surface area contributed by atoms with E-state index in [1.165, 1.54) is 10.9 Å². The van der Waals surface area contributed by atoms with Crippen molar-refractivity contribution in [1.82, 2.24) is 29.1 Å². The van der Waals surface area contributed by atoms with Crippen LogP contribution < -0.4 is 37.5 Å². The van der Waals surface area contributed by atoms with Crippen molar-refractivity contribution < 1.29 is 37.1 Å². The van der Waals surface area contributed by atoms with Crippen molar-refractivity contribution in [3.05, 3.63) is 193 Å². The summed E-state index contributed by atoms with van der Waals surface area (Å²) in [5.41, 5.74) is 6.88. The number of amides is 1. The van der Waals surface area contributed by atoms with E-state index in [9.17, 15) is 14.5 Å². The van der Waals surface area contributed by atoms with Gasteiger partial charge in [0.15, 0.2) is 11.5 Å². The Labute approximate surface area is 466 Å². The predicted octanol–water partition coefficient (Wildman–Crippen LogP) is 7.63. The van der Waals surface area contributed by atoms with E-state index in [1.54, 1.807) is 47.4 Å². The third-order valence-electron chi connectivity index (χ3n) is 14.8. The minimum absolute atomic E-state index is 0.0624. The normalized spacial score (nSPS) is 20.7. The number of ether oxygens (including phenoxy) is 2. The van der Waals surface area contributed by atoms with E-state index in [-0.39, 0.29) is 42.7 Å². The molecule has 2 saturated heterocycles. The molecule has 21 heteroatoms. The lowest BCUT2D eigenvalue weighted by Crippen LogP contribution is -2.68. The Hall–Kier alpha value is -6.40. The summed E-state index contributed by atoms with van der Waals surface area (Å²) in [4.78, 5) is 56.8. The molecule has 79 heavy (non-hydrogen) atoms. The molecule has 4 N–H and O–H groups in total. The van der Waals surface area contributed by atoms with Crippen LogP contribution in [0.5, 0.6) is 0 Å². The Kier molecular flexibility index (Phi) is 16.3. The SMILES string of the molecule is CC(C)(C)[Si](OC[C@H]1O[C@@H](n2cnc3c(N)ncnc32)C[C@@H]1O[P@@](O)(=S)OC[C@H]1O[C@@H](n2ccc(NC(=O)c3ccccc3)nc2=O)C[C@@H]1O[Si](c1ccccc1)(c1ccccc1)C(C)(C)C)(c1ccccc1)c1ccccc1. The summed E-state index contributed by atoms with van der Waals surface area (Å²) in [5.74, 6) is -0.106. The van der Waals surface area contributed by atoms with Gasteiger partial charge in [-0.3, -0.25) is 13.9 Å². The minimum atomic E-state index is -4.18. The maximum Gasteiger partial charge on any atom is 0.351 e. The van der Waals surface area contributed by atoms with Gasteiger partial charge in [-0.15, -0.1) is 0 Å². The average Bonchev–Trinajstić information content (AvgIpc) is 4.31. The van der Waals surface area contributed by atoms with Gasteiger partial charge in [0, 0.05) is 24.6 Å². The van der Waals surface area contributed by atoms with E-state index in [0.29, 0.717) is 16.7 Å². The van der Waals surface area contributed by atoms with Gasteiger partial charge in [-0.25, -0.2) is 19.7 Å². The molecule has 0 spiro atoms. The molecule has 2 aliphatic heterocycles. The van der Waals surface area contributed by atoms with Gasteiger partial charge in [0.05, 0.1) is 31.7 Å². The summed E-state index contributed by atoms with van der Waals surface area (Å²) in [6, 6.07) is 51.2. The fraction of sp³-hybridized carbons (Fsp3) is 0.310. The molecule has 7 atom stereocenters. The van der Waals surface area contributed by atoms with Crippen molar-refractivity contribution in [3.8, 4) is 0 Å². The predicted molar refractivity (Wildman–Crippen MR) is 313 cm³/mol. The first kappa shape index (κ1) is 55.9. The number of carbonyl (C=O) groups excluding carboxylic acids is 1. The van der Waals surface area contributed by atoms with Crippen molar-refractivity contribution >= 4 is 84.6 Å². The molecular weight excluding hydrogens is 1070 g/mol. The summed E-state index contributed by atoms with van der Waals surface area (Å²) in [7, 11) is -6.37. The van der Waals surface area contributed by atoms with Crippen molar-refractivity contribution in [2.75, 3.05) is 24.3 Å². The van der Waals surface area contributed by atoms with Crippen LogP contribution in [0.3, 0.4) is 0 Å². The number of benzene rings is 5.